The third-order valence-corrected chi connectivity index (χ3v) is 3.75. The lowest BCUT2D eigenvalue weighted by Crippen LogP contribution is -2.50. The van der Waals surface area contributed by atoms with Gasteiger partial charge in [0.2, 0.25) is 11.8 Å². The molecule has 6 nitrogen and oxygen atoms in total. The number of likely N-dealkylation sites (N-methyl/N-ethyl adjacent to an activating group) is 1. The largest absolute Gasteiger partial charge is 0.475 e. The molecule has 1 rings (SSSR count). The lowest BCUT2D eigenvalue weighted by atomic mass is 9.75. The highest BCUT2D eigenvalue weighted by Gasteiger charge is 2.31. The highest BCUT2D eigenvalue weighted by molar-refractivity contribution is 6.43. The van der Waals surface area contributed by atoms with Gasteiger partial charge in [0.05, 0.1) is 18.0 Å². The van der Waals surface area contributed by atoms with Crippen LogP contribution >= 0.6 is 0 Å². The molecule has 1 aromatic carbocycles. The van der Waals surface area contributed by atoms with Crippen molar-refractivity contribution in [1.29, 1.82) is 0 Å². The predicted octanol–water partition coefficient (Wildman–Crippen LogP) is 0.698. The Kier molecular flexibility index (Phi) is 7.40. The standard InChI is InChI=1S/C16H20BF3N2O4/c1-4-15(24)22(3)9-14(23)21-13(17(25)26)8-11-5-6-12(7-10(11)2)16(18,19)20/h4-7,13,25-26H,1,8-9H2,2-3H3,(H,21,23). The topological polar surface area (TPSA) is 89.9 Å². The average molecular weight is 372 g/mol. The molecule has 3 N–H and O–H groups in total. The number of benzene rings is 1. The summed E-state index contributed by atoms with van der Waals surface area (Å²) in [7, 11) is -0.561. The minimum Gasteiger partial charge on any atom is -0.426 e. The molecule has 0 aliphatic heterocycles. The summed E-state index contributed by atoms with van der Waals surface area (Å²) >= 11 is 0. The molecule has 142 valence electrons. The highest BCUT2D eigenvalue weighted by Crippen LogP contribution is 2.30. The second-order valence-electron chi connectivity index (χ2n) is 5.83. The summed E-state index contributed by atoms with van der Waals surface area (Å²) in [5.74, 6) is -2.28. The second kappa shape index (κ2) is 8.86. The molecule has 0 saturated carbocycles. The number of aryl methyl sites for hydroxylation is 1. The first-order valence-electron chi connectivity index (χ1n) is 7.65. The van der Waals surface area contributed by atoms with E-state index in [2.05, 4.69) is 11.9 Å². The molecule has 0 heterocycles. The molecule has 0 bridgehead atoms. The molecule has 2 amide bonds. The van der Waals surface area contributed by atoms with Gasteiger partial charge in [-0.2, -0.15) is 13.2 Å². The van der Waals surface area contributed by atoms with Crippen molar-refractivity contribution in [3.63, 3.8) is 0 Å². The van der Waals surface area contributed by atoms with E-state index in [-0.39, 0.29) is 13.0 Å². The number of amides is 2. The van der Waals surface area contributed by atoms with E-state index in [1.54, 1.807) is 0 Å². The Bertz CT molecular complexity index is 680. The number of carbonyl (C=O) groups is 2. The quantitative estimate of drug-likeness (QED) is 0.486. The summed E-state index contributed by atoms with van der Waals surface area (Å²) in [6.45, 7) is 4.41. The first-order chi connectivity index (χ1) is 12.0. The Morgan fingerprint density at radius 1 is 1.38 bits per heavy atom. The summed E-state index contributed by atoms with van der Waals surface area (Å²) in [6, 6.07) is 3.07. The van der Waals surface area contributed by atoms with Gasteiger partial charge in [0.15, 0.2) is 0 Å². The first-order valence-corrected chi connectivity index (χ1v) is 7.65. The first kappa shape index (κ1) is 21.7. The number of nitrogens with zero attached hydrogens (tertiary/aromatic N) is 1. The lowest BCUT2D eigenvalue weighted by molar-refractivity contribution is -0.137. The lowest BCUT2D eigenvalue weighted by Gasteiger charge is -2.21. The van der Waals surface area contributed by atoms with Gasteiger partial charge in [-0.3, -0.25) is 9.59 Å². The zero-order valence-corrected chi connectivity index (χ0v) is 14.4. The number of halogens is 3. The Balaban J connectivity index is 2.84. The van der Waals surface area contributed by atoms with Crippen molar-refractivity contribution in [3.8, 4) is 0 Å². The van der Waals surface area contributed by atoms with Crippen molar-refractivity contribution >= 4 is 18.9 Å². The van der Waals surface area contributed by atoms with Gasteiger partial charge in [-0.1, -0.05) is 12.6 Å². The Labute approximate surface area is 149 Å². The van der Waals surface area contributed by atoms with E-state index in [9.17, 15) is 32.8 Å². The van der Waals surface area contributed by atoms with E-state index in [0.717, 1.165) is 23.1 Å². The fraction of sp³-hybridized carbons (Fsp3) is 0.375. The monoisotopic (exact) mass is 372 g/mol. The van der Waals surface area contributed by atoms with Crippen molar-refractivity contribution in [2.75, 3.05) is 13.6 Å². The van der Waals surface area contributed by atoms with Crippen molar-refractivity contribution in [1.82, 2.24) is 10.2 Å². The third-order valence-electron chi connectivity index (χ3n) is 3.75. The van der Waals surface area contributed by atoms with Crippen LogP contribution in [-0.2, 0) is 22.2 Å². The molecule has 1 atom stereocenters. The van der Waals surface area contributed by atoms with Gasteiger partial charge in [-0.25, -0.2) is 0 Å². The number of hydrogen-bond acceptors (Lipinski definition) is 4. The van der Waals surface area contributed by atoms with Crippen LogP contribution in [-0.4, -0.2) is 53.4 Å². The van der Waals surface area contributed by atoms with Crippen LogP contribution in [0.2, 0.25) is 0 Å². The van der Waals surface area contributed by atoms with Crippen LogP contribution in [0.5, 0.6) is 0 Å². The van der Waals surface area contributed by atoms with Crippen LogP contribution in [0.25, 0.3) is 0 Å². The maximum Gasteiger partial charge on any atom is 0.475 e. The number of hydrogen-bond donors (Lipinski definition) is 3. The van der Waals surface area contributed by atoms with Crippen LogP contribution in [0.15, 0.2) is 30.9 Å². The van der Waals surface area contributed by atoms with Gasteiger partial charge in [0.1, 0.15) is 0 Å². The molecule has 0 aliphatic carbocycles. The molecule has 0 radical (unpaired) electrons. The molecule has 0 fully saturated rings. The summed E-state index contributed by atoms with van der Waals surface area (Å²) in [6.07, 6.45) is -3.54. The fourth-order valence-corrected chi connectivity index (χ4v) is 2.27. The molecule has 0 spiro atoms. The Morgan fingerprint density at radius 2 is 2.00 bits per heavy atom. The fourth-order valence-electron chi connectivity index (χ4n) is 2.27. The van der Waals surface area contributed by atoms with Gasteiger partial charge >= 0.3 is 13.3 Å². The van der Waals surface area contributed by atoms with E-state index in [1.165, 1.54) is 20.0 Å². The number of carbonyl (C=O) groups excluding carboxylic acids is 2. The molecular weight excluding hydrogens is 352 g/mol. The summed E-state index contributed by atoms with van der Waals surface area (Å²) in [5, 5.41) is 21.3. The van der Waals surface area contributed by atoms with Gasteiger partial charge in [-0.15, -0.1) is 0 Å². The Morgan fingerprint density at radius 3 is 2.46 bits per heavy atom. The van der Waals surface area contributed by atoms with E-state index < -0.39 is 36.6 Å². The van der Waals surface area contributed by atoms with E-state index in [0.29, 0.717) is 11.1 Å². The Hall–Kier alpha value is -2.33. The van der Waals surface area contributed by atoms with Crippen LogP contribution in [0.4, 0.5) is 13.2 Å². The molecule has 0 aromatic heterocycles. The van der Waals surface area contributed by atoms with Crippen molar-refractivity contribution in [2.45, 2.75) is 25.5 Å². The van der Waals surface area contributed by atoms with Crippen LogP contribution < -0.4 is 5.32 Å². The highest BCUT2D eigenvalue weighted by atomic mass is 19.4. The van der Waals surface area contributed by atoms with Gasteiger partial charge in [-0.05, 0) is 42.7 Å². The van der Waals surface area contributed by atoms with Crippen molar-refractivity contribution in [2.24, 2.45) is 0 Å². The zero-order valence-electron chi connectivity index (χ0n) is 14.4. The minimum absolute atomic E-state index is 0.0908. The molecule has 1 unspecified atom stereocenters. The van der Waals surface area contributed by atoms with Gasteiger partial charge in [0.25, 0.3) is 0 Å². The van der Waals surface area contributed by atoms with Gasteiger partial charge in [0, 0.05) is 7.05 Å². The van der Waals surface area contributed by atoms with E-state index in [4.69, 9.17) is 0 Å². The second-order valence-corrected chi connectivity index (χ2v) is 5.83. The summed E-state index contributed by atoms with van der Waals surface area (Å²) < 4.78 is 38.1. The van der Waals surface area contributed by atoms with E-state index in [1.807, 2.05) is 0 Å². The van der Waals surface area contributed by atoms with Crippen LogP contribution in [0.3, 0.4) is 0 Å². The zero-order chi connectivity index (χ0) is 20.1. The summed E-state index contributed by atoms with van der Waals surface area (Å²) in [4.78, 5) is 24.4. The smallest absolute Gasteiger partial charge is 0.426 e. The molecular formula is C16H20BF3N2O4. The van der Waals surface area contributed by atoms with Crippen LogP contribution in [0, 0.1) is 6.92 Å². The molecule has 10 heteroatoms. The summed E-state index contributed by atoms with van der Waals surface area (Å²) in [5.41, 5.74) is -0.0842. The predicted molar refractivity (Wildman–Crippen MR) is 89.8 cm³/mol. The normalized spacial score (nSPS) is 12.3. The molecule has 0 saturated heterocycles. The molecule has 0 aliphatic rings. The average Bonchev–Trinajstić information content (AvgIpc) is 2.53. The molecule has 26 heavy (non-hydrogen) atoms. The van der Waals surface area contributed by atoms with Gasteiger partial charge < -0.3 is 20.3 Å². The minimum atomic E-state index is -4.48. The molecule has 1 aromatic rings. The number of nitrogens with one attached hydrogen (secondary N) is 1. The van der Waals surface area contributed by atoms with Crippen molar-refractivity contribution < 1.29 is 32.8 Å². The third kappa shape index (κ3) is 6.19. The van der Waals surface area contributed by atoms with Crippen LogP contribution in [0.1, 0.15) is 16.7 Å². The maximum atomic E-state index is 12.7. The SMILES string of the molecule is C=CC(=O)N(C)CC(=O)NC(Cc1ccc(C(F)(F)F)cc1C)B(O)O. The maximum absolute atomic E-state index is 12.7. The number of rotatable bonds is 7. The van der Waals surface area contributed by atoms with Crippen molar-refractivity contribution in [3.05, 3.63) is 47.5 Å². The number of alkyl halides is 3. The van der Waals surface area contributed by atoms with E-state index >= 15 is 0 Å².